The number of ether oxygens (including phenoxy) is 2. The molecule has 14 nitrogen and oxygen atoms in total. The van der Waals surface area contributed by atoms with Crippen molar-refractivity contribution in [1.29, 1.82) is 0 Å². The Morgan fingerprint density at radius 1 is 1.04 bits per heavy atom. The molecular weight excluding hydrogens is 652 g/mol. The summed E-state index contributed by atoms with van der Waals surface area (Å²) in [5.74, 6) is -3.44. The van der Waals surface area contributed by atoms with Gasteiger partial charge in [-0.2, -0.15) is 0 Å². The fourth-order valence-electron chi connectivity index (χ4n) is 5.51. The van der Waals surface area contributed by atoms with E-state index < -0.39 is 55.7 Å². The maximum absolute atomic E-state index is 14.1. The zero-order valence-electron chi connectivity index (χ0n) is 26.5. The fourth-order valence-corrected chi connectivity index (χ4v) is 8.44. The van der Waals surface area contributed by atoms with Crippen molar-refractivity contribution in [1.82, 2.24) is 14.5 Å². The summed E-state index contributed by atoms with van der Waals surface area (Å²) in [6.45, 7) is 3.93. The molecule has 2 aromatic carbocycles. The van der Waals surface area contributed by atoms with Crippen molar-refractivity contribution in [2.24, 2.45) is 5.92 Å². The van der Waals surface area contributed by atoms with Gasteiger partial charge in [0.1, 0.15) is 12.1 Å². The third-order valence-corrected chi connectivity index (χ3v) is 11.6. The highest BCUT2D eigenvalue weighted by atomic mass is 32.2. The molecule has 16 heteroatoms. The molecule has 0 spiro atoms. The van der Waals surface area contributed by atoms with E-state index in [0.29, 0.717) is 41.5 Å². The lowest BCUT2D eigenvalue weighted by Crippen LogP contribution is -2.59. The highest BCUT2D eigenvalue weighted by molar-refractivity contribution is 7.91. The molecule has 4 rings (SSSR count). The molecule has 2 saturated heterocycles. The van der Waals surface area contributed by atoms with E-state index in [2.05, 4.69) is 10.6 Å². The van der Waals surface area contributed by atoms with Crippen LogP contribution in [0.4, 0.5) is 10.5 Å². The summed E-state index contributed by atoms with van der Waals surface area (Å²) in [7, 11) is -7.02. The first-order valence-corrected chi connectivity index (χ1v) is 18.5. The number of hydrogen-bond donors (Lipinski definition) is 2. The number of carbonyl (C=O) groups excluding carboxylic acids is 4. The number of rotatable bonds is 10. The lowest BCUT2D eigenvalue weighted by molar-refractivity contribution is -0.151. The maximum Gasteiger partial charge on any atom is 0.409 e. The van der Waals surface area contributed by atoms with Crippen LogP contribution < -0.4 is 10.6 Å². The molecule has 2 heterocycles. The lowest BCUT2D eigenvalue weighted by Gasteiger charge is -2.33. The van der Waals surface area contributed by atoms with Crippen LogP contribution in [0, 0.1) is 12.8 Å². The van der Waals surface area contributed by atoms with Crippen molar-refractivity contribution < 1.29 is 45.5 Å². The number of anilines is 1. The topological polar surface area (TPSA) is 186 Å². The Kier molecular flexibility index (Phi) is 11.6. The van der Waals surface area contributed by atoms with E-state index in [9.17, 15) is 36.0 Å². The molecule has 0 aliphatic carbocycles. The number of piperidine rings is 1. The van der Waals surface area contributed by atoms with E-state index >= 15 is 0 Å². The zero-order valence-corrected chi connectivity index (χ0v) is 28.1. The number of benzene rings is 2. The van der Waals surface area contributed by atoms with E-state index in [0.717, 1.165) is 5.56 Å². The van der Waals surface area contributed by atoms with Crippen molar-refractivity contribution in [3.63, 3.8) is 0 Å². The Morgan fingerprint density at radius 3 is 2.26 bits per heavy atom. The number of methoxy groups -OCH3 is 1. The van der Waals surface area contributed by atoms with Gasteiger partial charge in [0.2, 0.25) is 5.91 Å². The predicted molar refractivity (Wildman–Crippen MR) is 172 cm³/mol. The van der Waals surface area contributed by atoms with Gasteiger partial charge in [0, 0.05) is 37.7 Å². The minimum Gasteiger partial charge on any atom is -0.464 e. The molecule has 256 valence electrons. The van der Waals surface area contributed by atoms with Crippen molar-refractivity contribution in [3.8, 4) is 0 Å². The third kappa shape index (κ3) is 8.87. The Bertz CT molecular complexity index is 1670. The van der Waals surface area contributed by atoms with E-state index in [1.807, 2.05) is 0 Å². The number of amides is 3. The van der Waals surface area contributed by atoms with Gasteiger partial charge in [0.25, 0.3) is 15.9 Å². The lowest BCUT2D eigenvalue weighted by atomic mass is 9.96. The molecule has 0 aromatic heterocycles. The van der Waals surface area contributed by atoms with Crippen molar-refractivity contribution in [3.05, 3.63) is 59.7 Å². The summed E-state index contributed by atoms with van der Waals surface area (Å²) >= 11 is 0. The quantitative estimate of drug-likeness (QED) is 0.344. The minimum absolute atomic E-state index is 0.0567. The first-order chi connectivity index (χ1) is 22.3. The molecule has 1 unspecified atom stereocenters. The fraction of sp³-hybridized carbons (Fsp3) is 0.484. The standard InChI is InChI=1S/C31H40N4O10S2/c1-4-45-30(38)27(19-22-7-9-24(10-8-22)33-28(36)23-13-16-34(17-14-23)31(39)44-3)35(29(37)26-20-46(40,41)18-15-32-26)47(42,43)25-11-5-21(2)6-12-25/h5-12,23,26-27,32H,4,13-20H2,1-3H3,(H,33,36)/t26?,27-/m0/s1. The van der Waals surface area contributed by atoms with Gasteiger partial charge in [0.05, 0.1) is 30.1 Å². The van der Waals surface area contributed by atoms with Gasteiger partial charge in [-0.15, -0.1) is 0 Å². The second-order valence-corrected chi connectivity index (χ2v) is 15.5. The van der Waals surface area contributed by atoms with Gasteiger partial charge in [0.15, 0.2) is 9.84 Å². The number of nitrogens with zero attached hydrogens (tertiary/aromatic N) is 2. The molecule has 2 aliphatic heterocycles. The summed E-state index contributed by atoms with van der Waals surface area (Å²) in [5, 5.41) is 5.63. The molecule has 47 heavy (non-hydrogen) atoms. The summed E-state index contributed by atoms with van der Waals surface area (Å²) in [4.78, 5) is 53.3. The molecule has 0 saturated carbocycles. The second kappa shape index (κ2) is 15.3. The van der Waals surface area contributed by atoms with Gasteiger partial charge in [-0.3, -0.25) is 9.59 Å². The van der Waals surface area contributed by atoms with Crippen molar-refractivity contribution in [2.45, 2.75) is 50.1 Å². The molecule has 0 bridgehead atoms. The van der Waals surface area contributed by atoms with E-state index in [-0.39, 0.29) is 42.0 Å². The Balaban J connectivity index is 1.60. The monoisotopic (exact) mass is 692 g/mol. The second-order valence-electron chi connectivity index (χ2n) is 11.5. The van der Waals surface area contributed by atoms with Crippen molar-refractivity contribution in [2.75, 3.05) is 50.2 Å². The number of aryl methyl sites for hydroxylation is 1. The molecule has 3 amide bonds. The number of sulfonamides is 1. The van der Waals surface area contributed by atoms with E-state index in [1.165, 1.54) is 24.1 Å². The van der Waals surface area contributed by atoms with E-state index in [4.69, 9.17) is 9.47 Å². The Morgan fingerprint density at radius 2 is 1.68 bits per heavy atom. The van der Waals surface area contributed by atoms with Gasteiger partial charge >= 0.3 is 12.1 Å². The predicted octanol–water partition coefficient (Wildman–Crippen LogP) is 1.49. The summed E-state index contributed by atoms with van der Waals surface area (Å²) in [6, 6.07) is 9.02. The van der Waals surface area contributed by atoms with Crippen LogP contribution in [0.2, 0.25) is 0 Å². The van der Waals surface area contributed by atoms with Crippen LogP contribution in [-0.4, -0.2) is 107 Å². The third-order valence-electron chi connectivity index (χ3n) is 8.11. The van der Waals surface area contributed by atoms with Gasteiger partial charge in [-0.05, 0) is 56.5 Å². The largest absolute Gasteiger partial charge is 0.464 e. The van der Waals surface area contributed by atoms with Crippen LogP contribution >= 0.6 is 0 Å². The average Bonchev–Trinajstić information content (AvgIpc) is 3.04. The van der Waals surface area contributed by atoms with Gasteiger partial charge < -0.3 is 25.0 Å². The summed E-state index contributed by atoms with van der Waals surface area (Å²) in [6.07, 6.45) is 0.218. The Labute approximate surface area is 274 Å². The molecule has 2 fully saturated rings. The van der Waals surface area contributed by atoms with Gasteiger partial charge in [-0.1, -0.05) is 29.8 Å². The summed E-state index contributed by atoms with van der Waals surface area (Å²) in [5.41, 5.74) is 1.68. The molecule has 2 N–H and O–H groups in total. The maximum atomic E-state index is 14.1. The smallest absolute Gasteiger partial charge is 0.409 e. The number of nitrogens with one attached hydrogen (secondary N) is 2. The minimum atomic E-state index is -4.68. The highest BCUT2D eigenvalue weighted by Gasteiger charge is 2.45. The van der Waals surface area contributed by atoms with Crippen LogP contribution in [0.1, 0.15) is 30.9 Å². The number of carbonyl (C=O) groups is 4. The summed E-state index contributed by atoms with van der Waals surface area (Å²) < 4.78 is 63.4. The van der Waals surface area contributed by atoms with Crippen LogP contribution in [0.15, 0.2) is 53.4 Å². The molecule has 2 atom stereocenters. The van der Waals surface area contributed by atoms with E-state index in [1.54, 1.807) is 50.2 Å². The SMILES string of the molecule is CCOC(=O)[C@H](Cc1ccc(NC(=O)C2CCN(C(=O)OC)CC2)cc1)N(C(=O)C1CS(=O)(=O)CCN1)S(=O)(=O)c1ccc(C)cc1. The highest BCUT2D eigenvalue weighted by Crippen LogP contribution is 2.26. The number of sulfone groups is 1. The number of esters is 1. The average molecular weight is 693 g/mol. The first kappa shape index (κ1) is 35.8. The van der Waals surface area contributed by atoms with Crippen molar-refractivity contribution >= 4 is 49.4 Å². The molecule has 2 aromatic rings. The van der Waals surface area contributed by atoms with Gasteiger partial charge in [-0.25, -0.2) is 30.7 Å². The number of likely N-dealkylation sites (tertiary alicyclic amines) is 1. The molecule has 2 aliphatic rings. The van der Waals surface area contributed by atoms with Crippen LogP contribution in [0.25, 0.3) is 0 Å². The molecule has 0 radical (unpaired) electrons. The van der Waals surface area contributed by atoms with Crippen LogP contribution in [0.5, 0.6) is 0 Å². The Hall–Kier alpha value is -4.02. The van der Waals surface area contributed by atoms with Crippen LogP contribution in [0.3, 0.4) is 0 Å². The zero-order chi connectivity index (χ0) is 34.4. The normalized spacial score (nSPS) is 18.9. The molecular formula is C31H40N4O10S2. The first-order valence-electron chi connectivity index (χ1n) is 15.2. The number of hydrogen-bond acceptors (Lipinski definition) is 11. The van der Waals surface area contributed by atoms with Crippen LogP contribution in [-0.2, 0) is 50.1 Å².